The molecule has 2 rings (SSSR count). The van der Waals surface area contributed by atoms with E-state index >= 15 is 0 Å². The van der Waals surface area contributed by atoms with Crippen molar-refractivity contribution in [2.24, 2.45) is 16.6 Å². The van der Waals surface area contributed by atoms with Crippen LogP contribution in [0.2, 0.25) is 0 Å². The third-order valence-corrected chi connectivity index (χ3v) is 4.84. The number of rotatable bonds is 8. The average Bonchev–Trinajstić information content (AvgIpc) is 2.57. The second-order valence-electron chi connectivity index (χ2n) is 6.65. The van der Waals surface area contributed by atoms with Gasteiger partial charge in [-0.3, -0.25) is 9.89 Å². The first kappa shape index (κ1) is 17.5. The van der Waals surface area contributed by atoms with Crippen LogP contribution in [0.4, 0.5) is 0 Å². The molecule has 0 aromatic rings. The van der Waals surface area contributed by atoms with Crippen LogP contribution in [0.25, 0.3) is 0 Å². The third-order valence-electron chi connectivity index (χ3n) is 4.84. The number of nitrogens with one attached hydrogen (secondary N) is 1. The van der Waals surface area contributed by atoms with E-state index in [1.54, 1.807) is 0 Å². The summed E-state index contributed by atoms with van der Waals surface area (Å²) in [5.74, 6) is 1.58. The Kier molecular flexibility index (Phi) is 8.64. The van der Waals surface area contributed by atoms with E-state index in [2.05, 4.69) is 15.2 Å². The number of nitrogens with zero attached hydrogens (tertiary/aromatic N) is 2. The lowest BCUT2D eigenvalue weighted by atomic mass is 9.86. The van der Waals surface area contributed by atoms with Crippen molar-refractivity contribution in [1.82, 2.24) is 10.2 Å². The summed E-state index contributed by atoms with van der Waals surface area (Å²) in [5.41, 5.74) is 5.92. The molecule has 0 radical (unpaired) electrons. The van der Waals surface area contributed by atoms with Crippen molar-refractivity contribution in [3.8, 4) is 0 Å². The van der Waals surface area contributed by atoms with Crippen molar-refractivity contribution >= 4 is 5.96 Å². The molecule has 128 valence electrons. The van der Waals surface area contributed by atoms with Crippen LogP contribution in [-0.2, 0) is 4.74 Å². The lowest BCUT2D eigenvalue weighted by molar-refractivity contribution is 0.0377. The maximum atomic E-state index is 5.92. The first-order valence-electron chi connectivity index (χ1n) is 9.18. The number of morpholine rings is 1. The van der Waals surface area contributed by atoms with Crippen LogP contribution in [0.5, 0.6) is 0 Å². The van der Waals surface area contributed by atoms with E-state index in [0.717, 1.165) is 58.3 Å². The molecule has 5 heteroatoms. The molecule has 0 aromatic carbocycles. The standard InChI is InChI=1S/C17H34N4O/c18-17(19-9-4-8-16-6-2-1-3-7-16)20-10-5-11-21-12-14-22-15-13-21/h16H,1-15H2,(H3,18,19,20). The van der Waals surface area contributed by atoms with Gasteiger partial charge in [0.1, 0.15) is 0 Å². The summed E-state index contributed by atoms with van der Waals surface area (Å²) in [7, 11) is 0. The predicted octanol–water partition coefficient (Wildman–Crippen LogP) is 1.97. The molecule has 1 heterocycles. The summed E-state index contributed by atoms with van der Waals surface area (Å²) in [4.78, 5) is 6.86. The molecule has 2 fully saturated rings. The van der Waals surface area contributed by atoms with E-state index < -0.39 is 0 Å². The van der Waals surface area contributed by atoms with Crippen LogP contribution in [0.3, 0.4) is 0 Å². The Bertz CT molecular complexity index is 310. The number of hydrogen-bond donors (Lipinski definition) is 2. The highest BCUT2D eigenvalue weighted by atomic mass is 16.5. The first-order chi connectivity index (χ1) is 10.8. The third kappa shape index (κ3) is 7.45. The fourth-order valence-electron chi connectivity index (χ4n) is 3.46. The minimum absolute atomic E-state index is 0.616. The van der Waals surface area contributed by atoms with Gasteiger partial charge in [0.15, 0.2) is 5.96 Å². The molecule has 0 unspecified atom stereocenters. The molecule has 1 saturated carbocycles. The molecule has 0 bridgehead atoms. The number of ether oxygens (including phenoxy) is 1. The molecule has 2 aliphatic rings. The molecule has 3 N–H and O–H groups in total. The summed E-state index contributed by atoms with van der Waals surface area (Å²) >= 11 is 0. The minimum atomic E-state index is 0.616. The smallest absolute Gasteiger partial charge is 0.188 e. The van der Waals surface area contributed by atoms with E-state index in [4.69, 9.17) is 10.5 Å². The van der Waals surface area contributed by atoms with Gasteiger partial charge in [-0.2, -0.15) is 0 Å². The zero-order chi connectivity index (χ0) is 15.5. The van der Waals surface area contributed by atoms with Gasteiger partial charge in [-0.05, 0) is 25.2 Å². The summed E-state index contributed by atoms with van der Waals surface area (Å²) in [6.45, 7) is 6.73. The monoisotopic (exact) mass is 310 g/mol. The predicted molar refractivity (Wildman–Crippen MR) is 92.2 cm³/mol. The van der Waals surface area contributed by atoms with E-state index in [9.17, 15) is 0 Å². The first-order valence-corrected chi connectivity index (χ1v) is 9.18. The van der Waals surface area contributed by atoms with Crippen molar-refractivity contribution in [3.63, 3.8) is 0 Å². The highest BCUT2D eigenvalue weighted by Gasteiger charge is 2.12. The highest BCUT2D eigenvalue weighted by Crippen LogP contribution is 2.26. The number of aliphatic imine (C=N–C) groups is 1. The van der Waals surface area contributed by atoms with Gasteiger partial charge in [0.25, 0.3) is 0 Å². The maximum Gasteiger partial charge on any atom is 0.188 e. The summed E-state index contributed by atoms with van der Waals surface area (Å²) < 4.78 is 5.34. The summed E-state index contributed by atoms with van der Waals surface area (Å²) in [5, 5.41) is 3.25. The molecular weight excluding hydrogens is 276 g/mol. The molecule has 5 nitrogen and oxygen atoms in total. The molecule has 1 saturated heterocycles. The topological polar surface area (TPSA) is 62.9 Å². The largest absolute Gasteiger partial charge is 0.379 e. The molecule has 0 aromatic heterocycles. The van der Waals surface area contributed by atoms with Gasteiger partial charge in [0.05, 0.1) is 13.2 Å². The van der Waals surface area contributed by atoms with Crippen molar-refractivity contribution in [3.05, 3.63) is 0 Å². The van der Waals surface area contributed by atoms with Gasteiger partial charge in [-0.25, -0.2) is 0 Å². The van der Waals surface area contributed by atoms with Gasteiger partial charge < -0.3 is 15.8 Å². The average molecular weight is 310 g/mol. The molecule has 0 amide bonds. The Morgan fingerprint density at radius 2 is 1.91 bits per heavy atom. The second kappa shape index (κ2) is 10.8. The zero-order valence-electron chi connectivity index (χ0n) is 14.1. The van der Waals surface area contributed by atoms with Crippen LogP contribution in [0.1, 0.15) is 51.4 Å². The van der Waals surface area contributed by atoms with Gasteiger partial charge >= 0.3 is 0 Å². The van der Waals surface area contributed by atoms with Gasteiger partial charge in [0, 0.05) is 32.7 Å². The normalized spacial score (nSPS) is 21.9. The Hall–Kier alpha value is -0.810. The summed E-state index contributed by atoms with van der Waals surface area (Å²) in [6.07, 6.45) is 10.8. The quantitative estimate of drug-likeness (QED) is 0.409. The number of hydrogen-bond acceptors (Lipinski definition) is 3. The van der Waals surface area contributed by atoms with E-state index in [-0.39, 0.29) is 0 Å². The Morgan fingerprint density at radius 1 is 1.14 bits per heavy atom. The SMILES string of the molecule is NC(=NCCCN1CCOCC1)NCCCC1CCCCC1. The lowest BCUT2D eigenvalue weighted by Crippen LogP contribution is -2.37. The fraction of sp³-hybridized carbons (Fsp3) is 0.941. The second-order valence-corrected chi connectivity index (χ2v) is 6.65. The van der Waals surface area contributed by atoms with Crippen molar-refractivity contribution in [2.75, 3.05) is 45.9 Å². The Labute approximate surface area is 135 Å². The summed E-state index contributed by atoms with van der Waals surface area (Å²) in [6, 6.07) is 0. The maximum absolute atomic E-state index is 5.92. The molecule has 1 aliphatic carbocycles. The van der Waals surface area contributed by atoms with Crippen LogP contribution in [0.15, 0.2) is 4.99 Å². The van der Waals surface area contributed by atoms with Crippen LogP contribution >= 0.6 is 0 Å². The van der Waals surface area contributed by atoms with E-state index in [1.807, 2.05) is 0 Å². The molecule has 0 spiro atoms. The van der Waals surface area contributed by atoms with Crippen LogP contribution in [0, 0.1) is 5.92 Å². The van der Waals surface area contributed by atoms with Crippen LogP contribution in [-0.4, -0.2) is 56.8 Å². The van der Waals surface area contributed by atoms with E-state index in [0.29, 0.717) is 5.96 Å². The molecule has 22 heavy (non-hydrogen) atoms. The van der Waals surface area contributed by atoms with Crippen molar-refractivity contribution < 1.29 is 4.74 Å². The fourth-order valence-corrected chi connectivity index (χ4v) is 3.46. The van der Waals surface area contributed by atoms with Crippen molar-refractivity contribution in [1.29, 1.82) is 0 Å². The Balaban J connectivity index is 1.44. The minimum Gasteiger partial charge on any atom is -0.379 e. The lowest BCUT2D eigenvalue weighted by Gasteiger charge is -2.26. The van der Waals surface area contributed by atoms with Crippen LogP contribution < -0.4 is 11.1 Å². The molecule has 0 atom stereocenters. The van der Waals surface area contributed by atoms with Gasteiger partial charge in [-0.1, -0.05) is 32.1 Å². The van der Waals surface area contributed by atoms with Gasteiger partial charge in [0.2, 0.25) is 0 Å². The van der Waals surface area contributed by atoms with Crippen molar-refractivity contribution in [2.45, 2.75) is 51.4 Å². The zero-order valence-corrected chi connectivity index (χ0v) is 14.1. The number of guanidine groups is 1. The highest BCUT2D eigenvalue weighted by molar-refractivity contribution is 5.77. The number of nitrogens with two attached hydrogens (primary N) is 1. The Morgan fingerprint density at radius 3 is 2.68 bits per heavy atom. The van der Waals surface area contributed by atoms with Gasteiger partial charge in [-0.15, -0.1) is 0 Å². The van der Waals surface area contributed by atoms with E-state index in [1.165, 1.54) is 44.9 Å². The molecule has 1 aliphatic heterocycles. The molecular formula is C17H34N4O.